The fourth-order valence-corrected chi connectivity index (χ4v) is 5.12. The fourth-order valence-electron chi connectivity index (χ4n) is 3.32. The molecule has 3 rings (SSSR count). The van der Waals surface area contributed by atoms with Crippen molar-refractivity contribution >= 4 is 33.2 Å². The number of hydrogen-bond donors (Lipinski definition) is 1. The number of hydrogen-bond acceptors (Lipinski definition) is 4. The molecule has 0 radical (unpaired) electrons. The van der Waals surface area contributed by atoms with Gasteiger partial charge in [0.2, 0.25) is 9.84 Å². The van der Waals surface area contributed by atoms with Gasteiger partial charge in [-0.1, -0.05) is 36.2 Å². The van der Waals surface area contributed by atoms with Gasteiger partial charge < -0.3 is 9.88 Å². The molecule has 0 fully saturated rings. The molecule has 0 saturated heterocycles. The Hall–Kier alpha value is -2.64. The van der Waals surface area contributed by atoms with Gasteiger partial charge in [0.05, 0.1) is 10.5 Å². The summed E-state index contributed by atoms with van der Waals surface area (Å²) in [5, 5.41) is 3.08. The number of rotatable bonds is 6. The van der Waals surface area contributed by atoms with E-state index in [1.807, 2.05) is 25.3 Å². The molecule has 30 heavy (non-hydrogen) atoms. The Morgan fingerprint density at radius 2 is 1.77 bits per heavy atom. The van der Waals surface area contributed by atoms with Crippen molar-refractivity contribution in [2.24, 2.45) is 0 Å². The number of amides is 1. The Labute approximate surface area is 181 Å². The lowest BCUT2D eigenvalue weighted by molar-refractivity contribution is 0.102. The smallest absolute Gasteiger partial charge is 0.258 e. The van der Waals surface area contributed by atoms with Crippen molar-refractivity contribution in [2.75, 3.05) is 5.32 Å². The Bertz CT molecular complexity index is 1180. The maximum Gasteiger partial charge on any atom is 0.258 e. The molecule has 0 saturated carbocycles. The summed E-state index contributed by atoms with van der Waals surface area (Å²) in [7, 11) is -3.84. The molecule has 1 amide bonds. The van der Waals surface area contributed by atoms with Crippen LogP contribution in [0, 0.1) is 20.8 Å². The predicted octanol–water partition coefficient (Wildman–Crippen LogP) is 4.96. The van der Waals surface area contributed by atoms with E-state index in [-0.39, 0.29) is 26.3 Å². The van der Waals surface area contributed by atoms with Crippen molar-refractivity contribution in [3.05, 3.63) is 70.1 Å². The highest BCUT2D eigenvalue weighted by atomic mass is 35.5. The van der Waals surface area contributed by atoms with Crippen LogP contribution in [0.15, 0.2) is 52.4 Å². The number of benzene rings is 1. The zero-order valence-electron chi connectivity index (χ0n) is 17.4. The topological polar surface area (TPSA) is 81.1 Å². The molecule has 8 heteroatoms. The second-order valence-electron chi connectivity index (χ2n) is 7.18. The van der Waals surface area contributed by atoms with E-state index in [2.05, 4.69) is 10.3 Å². The number of nitrogens with one attached hydrogen (secondary N) is 1. The van der Waals surface area contributed by atoms with Gasteiger partial charge in [-0.2, -0.15) is 0 Å². The average Bonchev–Trinajstić information content (AvgIpc) is 2.94. The number of halogens is 1. The molecule has 3 aromatic rings. The van der Waals surface area contributed by atoms with Crippen LogP contribution in [0.5, 0.6) is 0 Å². The summed E-state index contributed by atoms with van der Waals surface area (Å²) in [5.41, 5.74) is 2.67. The number of aromatic nitrogens is 2. The fraction of sp³-hybridized carbons (Fsp3) is 0.273. The maximum absolute atomic E-state index is 13.5. The van der Waals surface area contributed by atoms with E-state index in [1.165, 1.54) is 12.3 Å². The highest BCUT2D eigenvalue weighted by Gasteiger charge is 2.30. The van der Waals surface area contributed by atoms with E-state index >= 15 is 0 Å². The number of pyridine rings is 1. The van der Waals surface area contributed by atoms with Crippen LogP contribution in [0.4, 0.5) is 5.82 Å². The van der Waals surface area contributed by atoms with Crippen LogP contribution in [0.1, 0.15) is 40.5 Å². The molecule has 1 aromatic carbocycles. The normalized spacial score (nSPS) is 11.5. The van der Waals surface area contributed by atoms with Crippen molar-refractivity contribution in [1.29, 1.82) is 0 Å². The van der Waals surface area contributed by atoms with Crippen LogP contribution in [0.3, 0.4) is 0 Å². The third-order valence-corrected chi connectivity index (χ3v) is 7.20. The molecule has 0 unspecified atom stereocenters. The van der Waals surface area contributed by atoms with Gasteiger partial charge in [-0.15, -0.1) is 0 Å². The van der Waals surface area contributed by atoms with Crippen molar-refractivity contribution in [3.63, 3.8) is 0 Å². The van der Waals surface area contributed by atoms with Gasteiger partial charge in [-0.05, 0) is 57.0 Å². The third kappa shape index (κ3) is 4.13. The molecule has 0 aliphatic heterocycles. The lowest BCUT2D eigenvalue weighted by atomic mass is 10.2. The molecule has 2 aromatic heterocycles. The molecule has 6 nitrogen and oxygen atoms in total. The monoisotopic (exact) mass is 445 g/mol. The Kier molecular flexibility index (Phi) is 6.33. The summed E-state index contributed by atoms with van der Waals surface area (Å²) in [6, 6.07) is 9.76. The largest absolute Gasteiger partial charge is 0.331 e. The van der Waals surface area contributed by atoms with Crippen LogP contribution in [-0.4, -0.2) is 23.9 Å². The van der Waals surface area contributed by atoms with Gasteiger partial charge in [-0.3, -0.25) is 4.79 Å². The lowest BCUT2D eigenvalue weighted by Gasteiger charge is -2.14. The van der Waals surface area contributed by atoms with Crippen LogP contribution in [0.25, 0.3) is 0 Å². The van der Waals surface area contributed by atoms with Crippen LogP contribution >= 0.6 is 11.6 Å². The summed E-state index contributed by atoms with van der Waals surface area (Å²) in [6.07, 6.45) is 2.14. The van der Waals surface area contributed by atoms with E-state index in [9.17, 15) is 13.2 Å². The quantitative estimate of drug-likeness (QED) is 0.544. The predicted molar refractivity (Wildman–Crippen MR) is 118 cm³/mol. The van der Waals surface area contributed by atoms with Crippen LogP contribution in [0.2, 0.25) is 5.15 Å². The molecule has 1 N–H and O–H groups in total. The first-order valence-electron chi connectivity index (χ1n) is 9.61. The van der Waals surface area contributed by atoms with Gasteiger partial charge in [0.25, 0.3) is 5.91 Å². The number of carbonyl (C=O) groups is 1. The Morgan fingerprint density at radius 1 is 1.10 bits per heavy atom. The minimum Gasteiger partial charge on any atom is -0.331 e. The molecule has 2 heterocycles. The SMILES string of the molecule is CCCn1c(C)c(C)c(S(=O)(=O)c2ccc(C)cc2)c1NC(=O)c1ccc(Cl)nc1. The van der Waals surface area contributed by atoms with Gasteiger partial charge in [-0.25, -0.2) is 13.4 Å². The lowest BCUT2D eigenvalue weighted by Crippen LogP contribution is -2.18. The van der Waals surface area contributed by atoms with E-state index in [4.69, 9.17) is 11.6 Å². The highest BCUT2D eigenvalue weighted by Crippen LogP contribution is 2.35. The summed E-state index contributed by atoms with van der Waals surface area (Å²) in [4.78, 5) is 17.1. The summed E-state index contributed by atoms with van der Waals surface area (Å²) < 4.78 is 28.9. The number of nitrogens with zero attached hydrogens (tertiary/aromatic N) is 2. The number of aryl methyl sites for hydroxylation is 1. The molecule has 0 spiro atoms. The Morgan fingerprint density at radius 3 is 2.33 bits per heavy atom. The van der Waals surface area contributed by atoms with Crippen molar-refractivity contribution in [2.45, 2.75) is 50.5 Å². The molecule has 158 valence electrons. The average molecular weight is 446 g/mol. The minimum absolute atomic E-state index is 0.118. The second kappa shape index (κ2) is 8.62. The Balaban J connectivity index is 2.15. The van der Waals surface area contributed by atoms with Gasteiger partial charge in [0.15, 0.2) is 0 Å². The second-order valence-corrected chi connectivity index (χ2v) is 9.45. The van der Waals surface area contributed by atoms with Crippen LogP contribution < -0.4 is 5.32 Å². The molecular weight excluding hydrogens is 422 g/mol. The molecular formula is C22H24ClN3O3S. The first-order chi connectivity index (χ1) is 14.2. The van der Waals surface area contributed by atoms with E-state index < -0.39 is 15.7 Å². The highest BCUT2D eigenvalue weighted by molar-refractivity contribution is 7.91. The molecule has 0 aliphatic carbocycles. The first-order valence-corrected chi connectivity index (χ1v) is 11.5. The molecule has 0 atom stereocenters. The van der Waals surface area contributed by atoms with E-state index in [0.29, 0.717) is 12.1 Å². The van der Waals surface area contributed by atoms with Crippen molar-refractivity contribution < 1.29 is 13.2 Å². The third-order valence-electron chi connectivity index (χ3n) is 5.04. The van der Waals surface area contributed by atoms with E-state index in [1.54, 1.807) is 37.3 Å². The van der Waals surface area contributed by atoms with Crippen LogP contribution in [-0.2, 0) is 16.4 Å². The number of anilines is 1. The van der Waals surface area contributed by atoms with Crippen molar-refractivity contribution in [3.8, 4) is 0 Å². The van der Waals surface area contributed by atoms with E-state index in [0.717, 1.165) is 17.7 Å². The number of sulfone groups is 1. The summed E-state index contributed by atoms with van der Waals surface area (Å²) in [6.45, 7) is 8.10. The molecule has 0 aliphatic rings. The molecule has 0 bridgehead atoms. The van der Waals surface area contributed by atoms with Crippen molar-refractivity contribution in [1.82, 2.24) is 9.55 Å². The van der Waals surface area contributed by atoms with Gasteiger partial charge in [0, 0.05) is 18.4 Å². The van der Waals surface area contributed by atoms with Gasteiger partial charge in [0.1, 0.15) is 15.9 Å². The minimum atomic E-state index is -3.84. The maximum atomic E-state index is 13.5. The van der Waals surface area contributed by atoms with Gasteiger partial charge >= 0.3 is 0 Å². The number of carbonyl (C=O) groups excluding carboxylic acids is 1. The standard InChI is InChI=1S/C22H24ClN3O3S/c1-5-12-26-16(4)15(3)20(30(28,29)18-9-6-14(2)7-10-18)21(26)25-22(27)17-8-11-19(23)24-13-17/h6-11,13H,5,12H2,1-4H3,(H,25,27). The summed E-state index contributed by atoms with van der Waals surface area (Å²) >= 11 is 5.80. The zero-order valence-corrected chi connectivity index (χ0v) is 18.9. The zero-order chi connectivity index (χ0) is 22.1. The first kappa shape index (κ1) is 22.1. The summed E-state index contributed by atoms with van der Waals surface area (Å²) in [5.74, 6) is -0.179.